The number of amides is 2. The number of benzene rings is 1. The molecule has 0 radical (unpaired) electrons. The van der Waals surface area contributed by atoms with Crippen molar-refractivity contribution in [3.8, 4) is 0 Å². The number of anilines is 1. The number of rotatable bonds is 1. The minimum absolute atomic E-state index is 0.00589. The number of nitrogens with zero attached hydrogens (tertiary/aromatic N) is 1. The molecule has 2 amide bonds. The molecule has 5 nitrogen and oxygen atoms in total. The fraction of sp³-hybridized carbons (Fsp3) is 0.556. The lowest BCUT2D eigenvalue weighted by atomic mass is 9.83. The molecular weight excluding hydrogens is 372 g/mol. The van der Waals surface area contributed by atoms with E-state index in [-0.39, 0.29) is 23.9 Å². The topological polar surface area (TPSA) is 58.6 Å². The van der Waals surface area contributed by atoms with Crippen LogP contribution in [0.2, 0.25) is 0 Å². The highest BCUT2D eigenvalue weighted by Gasteiger charge is 2.39. The second-order valence-electron chi connectivity index (χ2n) is 7.32. The Balaban J connectivity index is 2.41. The molecule has 1 N–H and O–H groups in total. The first-order valence-corrected chi connectivity index (χ1v) is 8.89. The summed E-state index contributed by atoms with van der Waals surface area (Å²) in [5, 5.41) is 2.98. The van der Waals surface area contributed by atoms with Crippen LogP contribution in [0.5, 0.6) is 0 Å². The van der Waals surface area contributed by atoms with Gasteiger partial charge >= 0.3 is 6.09 Å². The van der Waals surface area contributed by atoms with E-state index in [2.05, 4.69) is 21.2 Å². The van der Waals surface area contributed by atoms with E-state index in [1.165, 1.54) is 0 Å². The van der Waals surface area contributed by atoms with Crippen LogP contribution in [0.25, 0.3) is 0 Å². The molecule has 1 aliphatic rings. The fourth-order valence-electron chi connectivity index (χ4n) is 3.11. The van der Waals surface area contributed by atoms with Gasteiger partial charge in [-0.25, -0.2) is 4.79 Å². The van der Waals surface area contributed by atoms with Gasteiger partial charge in [0.2, 0.25) is 5.91 Å². The SMILES string of the molecule is CC(=O)N1c2ccc(Br)cc2C(NC(=O)OC(C)(C)C)C(C)C1C. The summed E-state index contributed by atoms with van der Waals surface area (Å²) in [7, 11) is 0. The highest BCUT2D eigenvalue weighted by molar-refractivity contribution is 9.10. The van der Waals surface area contributed by atoms with E-state index in [0.717, 1.165) is 15.7 Å². The zero-order valence-corrected chi connectivity index (χ0v) is 16.6. The molecule has 3 atom stereocenters. The van der Waals surface area contributed by atoms with Crippen molar-refractivity contribution in [2.45, 2.75) is 59.2 Å². The molecule has 0 saturated heterocycles. The molecule has 1 aromatic carbocycles. The Morgan fingerprint density at radius 2 is 1.88 bits per heavy atom. The smallest absolute Gasteiger partial charge is 0.408 e. The predicted molar refractivity (Wildman–Crippen MR) is 98.0 cm³/mol. The summed E-state index contributed by atoms with van der Waals surface area (Å²) >= 11 is 3.48. The Kier molecular flexibility index (Phi) is 5.28. The summed E-state index contributed by atoms with van der Waals surface area (Å²) in [6.45, 7) is 11.1. The van der Waals surface area contributed by atoms with Crippen LogP contribution in [0.1, 0.15) is 53.1 Å². The van der Waals surface area contributed by atoms with Crippen LogP contribution in [0.15, 0.2) is 22.7 Å². The quantitative estimate of drug-likeness (QED) is 0.764. The van der Waals surface area contributed by atoms with Gasteiger partial charge in [-0.15, -0.1) is 0 Å². The van der Waals surface area contributed by atoms with Gasteiger partial charge in [-0.1, -0.05) is 22.9 Å². The van der Waals surface area contributed by atoms with E-state index in [4.69, 9.17) is 4.74 Å². The predicted octanol–water partition coefficient (Wildman–Crippen LogP) is 4.41. The lowest BCUT2D eigenvalue weighted by Crippen LogP contribution is -2.51. The monoisotopic (exact) mass is 396 g/mol. The van der Waals surface area contributed by atoms with Crippen molar-refractivity contribution in [3.63, 3.8) is 0 Å². The van der Waals surface area contributed by atoms with Gasteiger partial charge in [-0.05, 0) is 51.5 Å². The summed E-state index contributed by atoms with van der Waals surface area (Å²) in [5.41, 5.74) is 1.19. The zero-order chi connectivity index (χ0) is 18.2. The van der Waals surface area contributed by atoms with Gasteiger partial charge in [0.25, 0.3) is 0 Å². The molecule has 1 aromatic rings. The second-order valence-corrected chi connectivity index (χ2v) is 8.23. The van der Waals surface area contributed by atoms with Crippen molar-refractivity contribution >= 4 is 33.6 Å². The summed E-state index contributed by atoms with van der Waals surface area (Å²) < 4.78 is 6.31. The van der Waals surface area contributed by atoms with Crippen molar-refractivity contribution in [3.05, 3.63) is 28.2 Å². The number of fused-ring (bicyclic) bond motifs is 1. The molecule has 2 rings (SSSR count). The van der Waals surface area contributed by atoms with Crippen LogP contribution in [0.3, 0.4) is 0 Å². The van der Waals surface area contributed by atoms with E-state index in [9.17, 15) is 9.59 Å². The largest absolute Gasteiger partial charge is 0.444 e. The standard InChI is InChI=1S/C18H25BrN2O3/c1-10-11(2)21(12(3)22)15-8-7-13(19)9-14(15)16(10)20-17(23)24-18(4,5)6/h7-11,16H,1-6H3,(H,20,23). The minimum atomic E-state index is -0.556. The number of alkyl carbamates (subject to hydrolysis) is 1. The summed E-state index contributed by atoms with van der Waals surface area (Å²) in [5.74, 6) is 0.0388. The van der Waals surface area contributed by atoms with Gasteiger partial charge in [-0.3, -0.25) is 4.79 Å². The van der Waals surface area contributed by atoms with Crippen LogP contribution in [-0.4, -0.2) is 23.6 Å². The second kappa shape index (κ2) is 6.75. The van der Waals surface area contributed by atoms with Gasteiger partial charge in [-0.2, -0.15) is 0 Å². The first kappa shape index (κ1) is 18.8. The Morgan fingerprint density at radius 3 is 2.42 bits per heavy atom. The maximum atomic E-state index is 12.3. The molecule has 0 fully saturated rings. The summed E-state index contributed by atoms with van der Waals surface area (Å²) in [6, 6.07) is 5.51. The average Bonchev–Trinajstić information content (AvgIpc) is 2.42. The molecule has 24 heavy (non-hydrogen) atoms. The van der Waals surface area contributed by atoms with Gasteiger partial charge in [0.15, 0.2) is 0 Å². The molecule has 0 bridgehead atoms. The van der Waals surface area contributed by atoms with E-state index < -0.39 is 11.7 Å². The molecule has 132 valence electrons. The number of carbonyl (C=O) groups is 2. The van der Waals surface area contributed by atoms with E-state index in [1.54, 1.807) is 11.8 Å². The van der Waals surface area contributed by atoms with Crippen molar-refractivity contribution in [2.24, 2.45) is 5.92 Å². The van der Waals surface area contributed by atoms with Crippen LogP contribution < -0.4 is 10.2 Å². The maximum Gasteiger partial charge on any atom is 0.408 e. The molecule has 6 heteroatoms. The zero-order valence-electron chi connectivity index (χ0n) is 15.0. The number of hydrogen-bond donors (Lipinski definition) is 1. The lowest BCUT2D eigenvalue weighted by Gasteiger charge is -2.43. The summed E-state index contributed by atoms with van der Waals surface area (Å²) in [6.07, 6.45) is -0.450. The van der Waals surface area contributed by atoms with Crippen molar-refractivity contribution < 1.29 is 14.3 Å². The van der Waals surface area contributed by atoms with Gasteiger partial charge < -0.3 is 15.0 Å². The molecule has 0 saturated carbocycles. The minimum Gasteiger partial charge on any atom is -0.444 e. The Bertz CT molecular complexity index is 654. The fourth-order valence-corrected chi connectivity index (χ4v) is 3.49. The third-order valence-corrected chi connectivity index (χ3v) is 4.78. The lowest BCUT2D eigenvalue weighted by molar-refractivity contribution is -0.117. The van der Waals surface area contributed by atoms with E-state index >= 15 is 0 Å². The van der Waals surface area contributed by atoms with Gasteiger partial charge in [0, 0.05) is 29.0 Å². The van der Waals surface area contributed by atoms with Crippen LogP contribution in [-0.2, 0) is 9.53 Å². The van der Waals surface area contributed by atoms with E-state index in [1.807, 2.05) is 52.8 Å². The number of nitrogens with one attached hydrogen (secondary N) is 1. The van der Waals surface area contributed by atoms with Gasteiger partial charge in [0.1, 0.15) is 5.60 Å². The number of ether oxygens (including phenoxy) is 1. The number of hydrogen-bond acceptors (Lipinski definition) is 3. The van der Waals surface area contributed by atoms with E-state index in [0.29, 0.717) is 0 Å². The summed E-state index contributed by atoms with van der Waals surface area (Å²) in [4.78, 5) is 26.2. The Hall–Kier alpha value is -1.56. The average molecular weight is 397 g/mol. The van der Waals surface area contributed by atoms with Crippen molar-refractivity contribution in [2.75, 3.05) is 4.90 Å². The Labute approximate surface area is 151 Å². The first-order valence-electron chi connectivity index (χ1n) is 8.10. The normalized spacial score (nSPS) is 23.5. The van der Waals surface area contributed by atoms with Crippen molar-refractivity contribution in [1.82, 2.24) is 5.32 Å². The van der Waals surface area contributed by atoms with Crippen LogP contribution in [0, 0.1) is 5.92 Å². The maximum absolute atomic E-state index is 12.3. The highest BCUT2D eigenvalue weighted by Crippen LogP contribution is 2.42. The number of halogens is 1. The molecule has 0 aromatic heterocycles. The highest BCUT2D eigenvalue weighted by atomic mass is 79.9. The van der Waals surface area contributed by atoms with Crippen LogP contribution >= 0.6 is 15.9 Å². The molecular formula is C18H25BrN2O3. The molecule has 1 aliphatic heterocycles. The first-order chi connectivity index (χ1) is 11.0. The Morgan fingerprint density at radius 1 is 1.25 bits per heavy atom. The molecule has 0 aliphatic carbocycles. The third-order valence-electron chi connectivity index (χ3n) is 4.29. The number of carbonyl (C=O) groups excluding carboxylic acids is 2. The van der Waals surface area contributed by atoms with Gasteiger partial charge in [0.05, 0.1) is 6.04 Å². The molecule has 3 unspecified atom stereocenters. The van der Waals surface area contributed by atoms with Crippen molar-refractivity contribution in [1.29, 1.82) is 0 Å². The molecule has 0 spiro atoms. The third kappa shape index (κ3) is 3.91. The molecule has 1 heterocycles. The van der Waals surface area contributed by atoms with Crippen LogP contribution in [0.4, 0.5) is 10.5 Å².